The van der Waals surface area contributed by atoms with Crippen LogP contribution >= 0.6 is 0 Å². The van der Waals surface area contributed by atoms with Crippen LogP contribution in [0.25, 0.3) is 11.3 Å². The minimum atomic E-state index is -0.346. The zero-order chi connectivity index (χ0) is 19.9. The lowest BCUT2D eigenvalue weighted by molar-refractivity contribution is -0.144. The molecule has 7 heteroatoms. The van der Waals surface area contributed by atoms with Gasteiger partial charge in [-0.25, -0.2) is 0 Å². The largest absolute Gasteiger partial charge is 0.497 e. The molecule has 0 bridgehead atoms. The predicted molar refractivity (Wildman–Crippen MR) is 102 cm³/mol. The monoisotopic (exact) mass is 383 g/mol. The molecule has 0 aliphatic carbocycles. The average molecular weight is 383 g/mol. The molecule has 0 fully saturated rings. The summed E-state index contributed by atoms with van der Waals surface area (Å²) in [5, 5.41) is 3.95. The van der Waals surface area contributed by atoms with Crippen molar-refractivity contribution < 1.29 is 28.3 Å². The zero-order valence-electron chi connectivity index (χ0n) is 15.9. The van der Waals surface area contributed by atoms with Crippen molar-refractivity contribution in [2.45, 2.75) is 13.0 Å². The SMILES string of the molecule is COc1ccc(CC(=O)OCc2cc(-c3ccc(OC)c(OC)c3)on2)cc1. The van der Waals surface area contributed by atoms with Gasteiger partial charge in [0.25, 0.3) is 0 Å². The highest BCUT2D eigenvalue weighted by Gasteiger charge is 2.12. The molecule has 3 rings (SSSR count). The van der Waals surface area contributed by atoms with Crippen LogP contribution in [-0.2, 0) is 22.6 Å². The summed E-state index contributed by atoms with van der Waals surface area (Å²) < 4.78 is 26.2. The fraction of sp³-hybridized carbons (Fsp3) is 0.238. The van der Waals surface area contributed by atoms with Gasteiger partial charge < -0.3 is 23.5 Å². The van der Waals surface area contributed by atoms with Crippen LogP contribution in [0, 0.1) is 0 Å². The maximum atomic E-state index is 12.0. The van der Waals surface area contributed by atoms with Gasteiger partial charge in [0.1, 0.15) is 18.1 Å². The molecular weight excluding hydrogens is 362 g/mol. The fourth-order valence-electron chi connectivity index (χ4n) is 2.62. The molecule has 2 aromatic carbocycles. The molecule has 0 radical (unpaired) electrons. The smallest absolute Gasteiger partial charge is 0.310 e. The fourth-order valence-corrected chi connectivity index (χ4v) is 2.62. The number of hydrogen-bond donors (Lipinski definition) is 0. The highest BCUT2D eigenvalue weighted by atomic mass is 16.5. The second kappa shape index (κ2) is 8.94. The Balaban J connectivity index is 1.59. The number of hydrogen-bond acceptors (Lipinski definition) is 7. The van der Waals surface area contributed by atoms with Crippen LogP contribution in [0.3, 0.4) is 0 Å². The Bertz CT molecular complexity index is 932. The number of carbonyl (C=O) groups is 1. The standard InChI is InChI=1S/C21H21NO6/c1-24-17-7-4-14(5-8-17)10-21(23)27-13-16-12-19(28-22-16)15-6-9-18(25-2)20(11-15)26-3/h4-9,11-12H,10,13H2,1-3H3. The van der Waals surface area contributed by atoms with Gasteiger partial charge in [0, 0.05) is 11.6 Å². The van der Waals surface area contributed by atoms with E-state index in [0.29, 0.717) is 23.0 Å². The topological polar surface area (TPSA) is 80.0 Å². The predicted octanol–water partition coefficient (Wildman–Crippen LogP) is 3.65. The van der Waals surface area contributed by atoms with E-state index in [4.69, 9.17) is 23.5 Å². The summed E-state index contributed by atoms with van der Waals surface area (Å²) >= 11 is 0. The number of esters is 1. The van der Waals surface area contributed by atoms with Crippen LogP contribution in [0.4, 0.5) is 0 Å². The Labute approximate surface area is 162 Å². The highest BCUT2D eigenvalue weighted by molar-refractivity contribution is 5.72. The zero-order valence-corrected chi connectivity index (χ0v) is 15.9. The minimum absolute atomic E-state index is 0.0335. The summed E-state index contributed by atoms with van der Waals surface area (Å²) in [5.41, 5.74) is 2.14. The van der Waals surface area contributed by atoms with Gasteiger partial charge in [0.2, 0.25) is 0 Å². The molecule has 0 spiro atoms. The van der Waals surface area contributed by atoms with Gasteiger partial charge in [-0.1, -0.05) is 17.3 Å². The van der Waals surface area contributed by atoms with Gasteiger partial charge in [0.05, 0.1) is 27.8 Å². The molecule has 1 heterocycles. The first kappa shape index (κ1) is 19.3. The third-order valence-corrected chi connectivity index (χ3v) is 4.12. The van der Waals surface area contributed by atoms with E-state index < -0.39 is 0 Å². The van der Waals surface area contributed by atoms with Crippen molar-refractivity contribution in [1.82, 2.24) is 5.16 Å². The lowest BCUT2D eigenvalue weighted by Gasteiger charge is -2.07. The summed E-state index contributed by atoms with van der Waals surface area (Å²) in [6.45, 7) is 0.0335. The van der Waals surface area contributed by atoms with Crippen LogP contribution in [0.2, 0.25) is 0 Å². The van der Waals surface area contributed by atoms with Crippen LogP contribution < -0.4 is 14.2 Å². The van der Waals surface area contributed by atoms with E-state index in [0.717, 1.165) is 16.9 Å². The first-order valence-corrected chi connectivity index (χ1v) is 8.59. The molecule has 0 saturated heterocycles. The molecule has 0 aliphatic heterocycles. The highest BCUT2D eigenvalue weighted by Crippen LogP contribution is 2.32. The van der Waals surface area contributed by atoms with Gasteiger partial charge >= 0.3 is 5.97 Å². The van der Waals surface area contributed by atoms with Crippen LogP contribution in [0.5, 0.6) is 17.2 Å². The molecule has 0 atom stereocenters. The van der Waals surface area contributed by atoms with E-state index in [-0.39, 0.29) is 19.0 Å². The molecule has 0 aliphatic rings. The Kier molecular flexibility index (Phi) is 6.16. The molecule has 1 aromatic heterocycles. The molecule has 0 N–H and O–H groups in total. The number of nitrogens with zero attached hydrogens (tertiary/aromatic N) is 1. The summed E-state index contributed by atoms with van der Waals surface area (Å²) in [6.07, 6.45) is 0.171. The quantitative estimate of drug-likeness (QED) is 0.549. The second-order valence-electron chi connectivity index (χ2n) is 5.94. The van der Waals surface area contributed by atoms with Gasteiger partial charge in [-0.15, -0.1) is 0 Å². The normalized spacial score (nSPS) is 10.4. The van der Waals surface area contributed by atoms with Crippen LogP contribution in [-0.4, -0.2) is 32.5 Å². The summed E-state index contributed by atoms with van der Waals surface area (Å²) in [5.74, 6) is 2.15. The number of rotatable bonds is 8. The van der Waals surface area contributed by atoms with Crippen molar-refractivity contribution in [3.63, 3.8) is 0 Å². The van der Waals surface area contributed by atoms with E-state index in [1.165, 1.54) is 0 Å². The Morgan fingerprint density at radius 2 is 1.68 bits per heavy atom. The van der Waals surface area contributed by atoms with E-state index in [1.54, 1.807) is 51.7 Å². The van der Waals surface area contributed by atoms with E-state index in [1.807, 2.05) is 18.2 Å². The van der Waals surface area contributed by atoms with Crippen molar-refractivity contribution in [3.8, 4) is 28.6 Å². The van der Waals surface area contributed by atoms with Crippen molar-refractivity contribution in [3.05, 3.63) is 59.8 Å². The number of ether oxygens (including phenoxy) is 4. The molecule has 7 nitrogen and oxygen atoms in total. The van der Waals surface area contributed by atoms with Crippen molar-refractivity contribution >= 4 is 5.97 Å². The summed E-state index contributed by atoms with van der Waals surface area (Å²) in [6, 6.07) is 14.4. The molecular formula is C21H21NO6. The lowest BCUT2D eigenvalue weighted by Crippen LogP contribution is -2.08. The molecule has 0 unspecified atom stereocenters. The molecule has 28 heavy (non-hydrogen) atoms. The first-order valence-electron chi connectivity index (χ1n) is 8.59. The number of aromatic nitrogens is 1. The van der Waals surface area contributed by atoms with Crippen molar-refractivity contribution in [2.24, 2.45) is 0 Å². The van der Waals surface area contributed by atoms with Gasteiger partial charge in [-0.2, -0.15) is 0 Å². The Morgan fingerprint density at radius 1 is 0.929 bits per heavy atom. The first-order chi connectivity index (χ1) is 13.6. The van der Waals surface area contributed by atoms with E-state index >= 15 is 0 Å². The average Bonchev–Trinajstić information content (AvgIpc) is 3.21. The summed E-state index contributed by atoms with van der Waals surface area (Å²) in [7, 11) is 4.73. The Hall–Kier alpha value is -3.48. The van der Waals surface area contributed by atoms with Gasteiger partial charge in [0.15, 0.2) is 17.3 Å². The van der Waals surface area contributed by atoms with E-state index in [2.05, 4.69) is 5.16 Å². The van der Waals surface area contributed by atoms with Gasteiger partial charge in [-0.05, 0) is 35.9 Å². The number of carbonyl (C=O) groups excluding carboxylic acids is 1. The maximum Gasteiger partial charge on any atom is 0.310 e. The molecule has 0 amide bonds. The van der Waals surface area contributed by atoms with Crippen molar-refractivity contribution in [1.29, 1.82) is 0 Å². The molecule has 0 saturated carbocycles. The molecule has 146 valence electrons. The Morgan fingerprint density at radius 3 is 2.36 bits per heavy atom. The second-order valence-corrected chi connectivity index (χ2v) is 5.94. The third-order valence-electron chi connectivity index (χ3n) is 4.12. The van der Waals surface area contributed by atoms with Gasteiger partial charge in [-0.3, -0.25) is 4.79 Å². The van der Waals surface area contributed by atoms with Crippen molar-refractivity contribution in [2.75, 3.05) is 21.3 Å². The van der Waals surface area contributed by atoms with E-state index in [9.17, 15) is 4.79 Å². The number of benzene rings is 2. The lowest BCUT2D eigenvalue weighted by atomic mass is 10.1. The summed E-state index contributed by atoms with van der Waals surface area (Å²) in [4.78, 5) is 12.0. The van der Waals surface area contributed by atoms with Crippen LogP contribution in [0.1, 0.15) is 11.3 Å². The third kappa shape index (κ3) is 4.62. The van der Waals surface area contributed by atoms with Crippen LogP contribution in [0.15, 0.2) is 53.1 Å². The number of methoxy groups -OCH3 is 3. The maximum absolute atomic E-state index is 12.0. The minimum Gasteiger partial charge on any atom is -0.497 e. The molecule has 3 aromatic rings.